The standard InChI is InChI=1S/C13H14FN/c14-11-6-1-2-7-12(11)15-13-8-9-4-3-5-10(9)13/h1-3,5-7,9-10,13,15H,4,8H2. The third-order valence-electron chi connectivity index (χ3n) is 3.58. The maximum Gasteiger partial charge on any atom is 0.146 e. The molecule has 2 aliphatic rings. The molecule has 3 rings (SSSR count). The minimum absolute atomic E-state index is 0.150. The third kappa shape index (κ3) is 1.44. The number of benzene rings is 1. The van der Waals surface area contributed by atoms with Crippen LogP contribution < -0.4 is 5.32 Å². The predicted octanol–water partition coefficient (Wildman–Crippen LogP) is 3.20. The summed E-state index contributed by atoms with van der Waals surface area (Å²) in [7, 11) is 0. The summed E-state index contributed by atoms with van der Waals surface area (Å²) in [4.78, 5) is 0. The number of rotatable bonds is 2. The number of halogens is 1. The largest absolute Gasteiger partial charge is 0.379 e. The Bertz CT molecular complexity index is 399. The number of anilines is 1. The monoisotopic (exact) mass is 203 g/mol. The molecule has 3 atom stereocenters. The Hall–Kier alpha value is -1.31. The molecule has 1 aromatic rings. The van der Waals surface area contributed by atoms with Crippen molar-refractivity contribution in [1.82, 2.24) is 0 Å². The summed E-state index contributed by atoms with van der Waals surface area (Å²) in [6.45, 7) is 0. The van der Waals surface area contributed by atoms with Gasteiger partial charge in [0.05, 0.1) is 5.69 Å². The van der Waals surface area contributed by atoms with Gasteiger partial charge in [-0.25, -0.2) is 4.39 Å². The first-order valence-electron chi connectivity index (χ1n) is 5.52. The van der Waals surface area contributed by atoms with Gasteiger partial charge in [-0.1, -0.05) is 24.3 Å². The van der Waals surface area contributed by atoms with Crippen LogP contribution in [0.15, 0.2) is 36.4 Å². The molecule has 1 N–H and O–H groups in total. The van der Waals surface area contributed by atoms with E-state index in [-0.39, 0.29) is 5.82 Å². The normalized spacial score (nSPS) is 32.2. The number of hydrogen-bond acceptors (Lipinski definition) is 1. The highest BCUT2D eigenvalue weighted by atomic mass is 19.1. The molecule has 3 unspecified atom stereocenters. The van der Waals surface area contributed by atoms with Crippen LogP contribution in [0.1, 0.15) is 12.8 Å². The van der Waals surface area contributed by atoms with E-state index < -0.39 is 0 Å². The number of para-hydroxylation sites is 1. The highest BCUT2D eigenvalue weighted by molar-refractivity contribution is 5.46. The first kappa shape index (κ1) is 8.96. The first-order chi connectivity index (χ1) is 7.34. The van der Waals surface area contributed by atoms with E-state index in [2.05, 4.69) is 17.5 Å². The van der Waals surface area contributed by atoms with E-state index in [1.165, 1.54) is 18.9 Å². The summed E-state index contributed by atoms with van der Waals surface area (Å²) in [5, 5.41) is 3.29. The Balaban J connectivity index is 1.72. The summed E-state index contributed by atoms with van der Waals surface area (Å²) in [6.07, 6.45) is 6.90. The Labute approximate surface area is 89.0 Å². The van der Waals surface area contributed by atoms with Gasteiger partial charge in [0, 0.05) is 12.0 Å². The van der Waals surface area contributed by atoms with Gasteiger partial charge >= 0.3 is 0 Å². The Kier molecular flexibility index (Phi) is 2.01. The highest BCUT2D eigenvalue weighted by Gasteiger charge is 2.41. The lowest BCUT2D eigenvalue weighted by molar-refractivity contribution is 0.217. The second kappa shape index (κ2) is 3.37. The fraction of sp³-hybridized carbons (Fsp3) is 0.385. The number of fused-ring (bicyclic) bond motifs is 1. The average molecular weight is 203 g/mol. The van der Waals surface area contributed by atoms with Crippen molar-refractivity contribution >= 4 is 5.69 Å². The van der Waals surface area contributed by atoms with E-state index >= 15 is 0 Å². The van der Waals surface area contributed by atoms with Crippen LogP contribution in [0.5, 0.6) is 0 Å². The van der Waals surface area contributed by atoms with E-state index in [0.29, 0.717) is 17.6 Å². The van der Waals surface area contributed by atoms with E-state index in [1.807, 2.05) is 6.07 Å². The van der Waals surface area contributed by atoms with Crippen LogP contribution in [0, 0.1) is 17.7 Å². The Morgan fingerprint density at radius 1 is 1.27 bits per heavy atom. The van der Waals surface area contributed by atoms with Gasteiger partial charge in [0.1, 0.15) is 5.82 Å². The number of nitrogens with one attached hydrogen (secondary N) is 1. The van der Waals surface area contributed by atoms with Crippen LogP contribution in [-0.2, 0) is 0 Å². The molecular formula is C13H14FN. The molecule has 0 radical (unpaired) electrons. The van der Waals surface area contributed by atoms with Gasteiger partial charge in [0.2, 0.25) is 0 Å². The lowest BCUT2D eigenvalue weighted by Gasteiger charge is -2.41. The van der Waals surface area contributed by atoms with E-state index in [9.17, 15) is 4.39 Å². The van der Waals surface area contributed by atoms with Crippen molar-refractivity contribution in [3.05, 3.63) is 42.2 Å². The third-order valence-corrected chi connectivity index (χ3v) is 3.58. The van der Waals surface area contributed by atoms with Gasteiger partial charge in [0.25, 0.3) is 0 Å². The van der Waals surface area contributed by atoms with Crippen LogP contribution in [0.4, 0.5) is 10.1 Å². The molecule has 1 nitrogen and oxygen atoms in total. The lowest BCUT2D eigenvalue weighted by Crippen LogP contribution is -2.43. The van der Waals surface area contributed by atoms with Crippen molar-refractivity contribution < 1.29 is 4.39 Å². The minimum atomic E-state index is -0.150. The predicted molar refractivity (Wildman–Crippen MR) is 59.2 cm³/mol. The van der Waals surface area contributed by atoms with Crippen molar-refractivity contribution in [1.29, 1.82) is 0 Å². The molecule has 15 heavy (non-hydrogen) atoms. The minimum Gasteiger partial charge on any atom is -0.379 e. The van der Waals surface area contributed by atoms with Gasteiger partial charge in [-0.2, -0.15) is 0 Å². The second-order valence-corrected chi connectivity index (χ2v) is 4.47. The zero-order valence-electron chi connectivity index (χ0n) is 8.49. The van der Waals surface area contributed by atoms with Crippen molar-refractivity contribution in [2.24, 2.45) is 11.8 Å². The molecule has 78 valence electrons. The topological polar surface area (TPSA) is 12.0 Å². The molecule has 0 amide bonds. The van der Waals surface area contributed by atoms with Crippen molar-refractivity contribution in [3.63, 3.8) is 0 Å². The summed E-state index contributed by atoms with van der Waals surface area (Å²) >= 11 is 0. The summed E-state index contributed by atoms with van der Waals surface area (Å²) < 4.78 is 13.4. The maximum absolute atomic E-state index is 13.4. The molecule has 0 aromatic heterocycles. The molecule has 1 saturated carbocycles. The van der Waals surface area contributed by atoms with Gasteiger partial charge < -0.3 is 5.32 Å². The fourth-order valence-electron chi connectivity index (χ4n) is 2.66. The van der Waals surface area contributed by atoms with Crippen LogP contribution >= 0.6 is 0 Å². The Morgan fingerprint density at radius 2 is 2.13 bits per heavy atom. The zero-order valence-corrected chi connectivity index (χ0v) is 8.49. The molecule has 0 bridgehead atoms. The molecule has 2 aliphatic carbocycles. The van der Waals surface area contributed by atoms with Crippen molar-refractivity contribution in [2.75, 3.05) is 5.32 Å². The van der Waals surface area contributed by atoms with Crippen LogP contribution in [0.3, 0.4) is 0 Å². The van der Waals surface area contributed by atoms with Gasteiger partial charge in [-0.05, 0) is 30.9 Å². The highest BCUT2D eigenvalue weighted by Crippen LogP contribution is 2.44. The summed E-state index contributed by atoms with van der Waals surface area (Å²) in [5.74, 6) is 1.29. The van der Waals surface area contributed by atoms with Gasteiger partial charge in [-0.3, -0.25) is 0 Å². The van der Waals surface area contributed by atoms with E-state index in [1.54, 1.807) is 12.1 Å². The molecule has 0 heterocycles. The first-order valence-corrected chi connectivity index (χ1v) is 5.52. The molecule has 1 aromatic carbocycles. The molecular weight excluding hydrogens is 189 g/mol. The van der Waals surface area contributed by atoms with E-state index in [0.717, 1.165) is 5.92 Å². The zero-order chi connectivity index (χ0) is 10.3. The molecule has 0 aliphatic heterocycles. The Morgan fingerprint density at radius 3 is 2.93 bits per heavy atom. The molecule has 0 spiro atoms. The van der Waals surface area contributed by atoms with Crippen molar-refractivity contribution in [3.8, 4) is 0 Å². The van der Waals surface area contributed by atoms with Crippen LogP contribution in [0.2, 0.25) is 0 Å². The SMILES string of the molecule is Fc1ccccc1NC1CC2CC=CC21. The molecule has 0 saturated heterocycles. The smallest absolute Gasteiger partial charge is 0.146 e. The number of hydrogen-bond donors (Lipinski definition) is 1. The van der Waals surface area contributed by atoms with Crippen LogP contribution in [-0.4, -0.2) is 6.04 Å². The van der Waals surface area contributed by atoms with Gasteiger partial charge in [0.15, 0.2) is 0 Å². The fourth-order valence-corrected chi connectivity index (χ4v) is 2.66. The second-order valence-electron chi connectivity index (χ2n) is 4.47. The van der Waals surface area contributed by atoms with E-state index in [4.69, 9.17) is 0 Å². The number of allylic oxidation sites excluding steroid dienone is 1. The molecule has 2 heteroatoms. The average Bonchev–Trinajstić information content (AvgIpc) is 2.59. The maximum atomic E-state index is 13.4. The van der Waals surface area contributed by atoms with Crippen molar-refractivity contribution in [2.45, 2.75) is 18.9 Å². The van der Waals surface area contributed by atoms with Crippen LogP contribution in [0.25, 0.3) is 0 Å². The molecule has 1 fully saturated rings. The summed E-state index contributed by atoms with van der Waals surface area (Å²) in [5.41, 5.74) is 0.640. The summed E-state index contributed by atoms with van der Waals surface area (Å²) in [6, 6.07) is 7.33. The van der Waals surface area contributed by atoms with Gasteiger partial charge in [-0.15, -0.1) is 0 Å². The lowest BCUT2D eigenvalue weighted by atomic mass is 9.71. The quantitative estimate of drug-likeness (QED) is 0.728.